The van der Waals surface area contributed by atoms with Gasteiger partial charge >= 0.3 is 0 Å². The smallest absolute Gasteiger partial charge is 0.266 e. The predicted octanol–water partition coefficient (Wildman–Crippen LogP) is 1.45. The van der Waals surface area contributed by atoms with E-state index in [0.717, 1.165) is 32.1 Å². The molecule has 4 heteroatoms. The summed E-state index contributed by atoms with van der Waals surface area (Å²) in [5, 5.41) is 1.50. The van der Waals surface area contributed by atoms with Crippen molar-refractivity contribution < 1.29 is 9.63 Å². The molecule has 1 aliphatic carbocycles. The molecular weight excluding hydrogens is 204 g/mol. The maximum absolute atomic E-state index is 12.3. The van der Waals surface area contributed by atoms with Crippen molar-refractivity contribution >= 4 is 5.91 Å². The number of amides is 1. The zero-order chi connectivity index (χ0) is 11.6. The van der Waals surface area contributed by atoms with Gasteiger partial charge in [0.1, 0.15) is 0 Å². The highest BCUT2D eigenvalue weighted by molar-refractivity contribution is 5.85. The van der Waals surface area contributed by atoms with Crippen molar-refractivity contribution in [3.05, 3.63) is 0 Å². The van der Waals surface area contributed by atoms with E-state index in [9.17, 15) is 4.79 Å². The van der Waals surface area contributed by atoms with Crippen molar-refractivity contribution in [2.45, 2.75) is 51.0 Å². The van der Waals surface area contributed by atoms with Gasteiger partial charge in [-0.2, -0.15) is 0 Å². The summed E-state index contributed by atoms with van der Waals surface area (Å²) < 4.78 is 0. The summed E-state index contributed by atoms with van der Waals surface area (Å²) >= 11 is 0. The SMILES string of the molecule is CC1CCCC(N)(C(=O)N2CCCCO2)C1. The molecule has 0 aromatic rings. The molecule has 1 aliphatic heterocycles. The van der Waals surface area contributed by atoms with Crippen LogP contribution in [0.4, 0.5) is 0 Å². The standard InChI is InChI=1S/C12H22N2O2/c1-10-5-4-6-12(13,9-10)11(15)14-7-2-3-8-16-14/h10H,2-9,13H2,1H3. The number of rotatable bonds is 1. The molecule has 2 unspecified atom stereocenters. The van der Waals surface area contributed by atoms with Gasteiger partial charge < -0.3 is 5.73 Å². The van der Waals surface area contributed by atoms with Crippen molar-refractivity contribution in [3.8, 4) is 0 Å². The first-order chi connectivity index (χ1) is 7.62. The Hall–Kier alpha value is -0.610. The van der Waals surface area contributed by atoms with Crippen LogP contribution in [0.5, 0.6) is 0 Å². The molecule has 4 nitrogen and oxygen atoms in total. The Balaban J connectivity index is 2.01. The Bertz CT molecular complexity index is 264. The molecule has 0 radical (unpaired) electrons. The summed E-state index contributed by atoms with van der Waals surface area (Å²) in [7, 11) is 0. The second kappa shape index (κ2) is 4.72. The van der Waals surface area contributed by atoms with Crippen LogP contribution >= 0.6 is 0 Å². The molecule has 2 fully saturated rings. The van der Waals surface area contributed by atoms with Crippen molar-refractivity contribution in [2.24, 2.45) is 11.7 Å². The Morgan fingerprint density at radius 1 is 1.44 bits per heavy atom. The summed E-state index contributed by atoms with van der Waals surface area (Å²) in [4.78, 5) is 17.7. The van der Waals surface area contributed by atoms with Gasteiger partial charge in [0.15, 0.2) is 0 Å². The first kappa shape index (κ1) is 11.9. The van der Waals surface area contributed by atoms with Crippen LogP contribution in [0.25, 0.3) is 0 Å². The molecule has 2 atom stereocenters. The van der Waals surface area contributed by atoms with Crippen molar-refractivity contribution in [1.82, 2.24) is 5.06 Å². The zero-order valence-corrected chi connectivity index (χ0v) is 10.1. The van der Waals surface area contributed by atoms with Gasteiger partial charge in [-0.3, -0.25) is 9.63 Å². The van der Waals surface area contributed by atoms with E-state index < -0.39 is 5.54 Å². The second-order valence-electron chi connectivity index (χ2n) is 5.31. The molecule has 0 bridgehead atoms. The highest BCUT2D eigenvalue weighted by Gasteiger charge is 2.41. The topological polar surface area (TPSA) is 55.6 Å². The molecule has 1 saturated carbocycles. The maximum Gasteiger partial charge on any atom is 0.266 e. The normalized spacial score (nSPS) is 36.1. The van der Waals surface area contributed by atoms with E-state index in [1.807, 2.05) is 0 Å². The Labute approximate surface area is 97.1 Å². The molecule has 1 heterocycles. The number of hydrogen-bond acceptors (Lipinski definition) is 3. The summed E-state index contributed by atoms with van der Waals surface area (Å²) in [5.41, 5.74) is 5.58. The Morgan fingerprint density at radius 2 is 2.25 bits per heavy atom. The van der Waals surface area contributed by atoms with E-state index in [1.165, 1.54) is 11.5 Å². The Kier molecular flexibility index (Phi) is 3.50. The predicted molar refractivity (Wildman–Crippen MR) is 61.4 cm³/mol. The molecular formula is C12H22N2O2. The van der Waals surface area contributed by atoms with Gasteiger partial charge in [0.2, 0.25) is 0 Å². The molecule has 2 aliphatic rings. The fourth-order valence-electron chi connectivity index (χ4n) is 2.79. The quantitative estimate of drug-likeness (QED) is 0.736. The molecule has 2 rings (SSSR count). The van der Waals surface area contributed by atoms with Gasteiger partial charge in [-0.1, -0.05) is 19.8 Å². The Morgan fingerprint density at radius 3 is 2.88 bits per heavy atom. The van der Waals surface area contributed by atoms with Crippen molar-refractivity contribution in [2.75, 3.05) is 13.2 Å². The molecule has 0 spiro atoms. The fourth-order valence-corrected chi connectivity index (χ4v) is 2.79. The monoisotopic (exact) mass is 226 g/mol. The summed E-state index contributed by atoms with van der Waals surface area (Å²) in [6.07, 6.45) is 5.90. The van der Waals surface area contributed by atoms with Crippen LogP contribution in [-0.4, -0.2) is 29.7 Å². The molecule has 16 heavy (non-hydrogen) atoms. The third-order valence-electron chi connectivity index (χ3n) is 3.69. The number of hydroxylamine groups is 2. The van der Waals surface area contributed by atoms with Gasteiger partial charge in [-0.15, -0.1) is 0 Å². The molecule has 1 saturated heterocycles. The van der Waals surface area contributed by atoms with Crippen molar-refractivity contribution in [1.29, 1.82) is 0 Å². The number of carbonyl (C=O) groups is 1. The first-order valence-electron chi connectivity index (χ1n) is 6.35. The lowest BCUT2D eigenvalue weighted by atomic mass is 9.76. The van der Waals surface area contributed by atoms with Crippen LogP contribution in [0.2, 0.25) is 0 Å². The van der Waals surface area contributed by atoms with Crippen LogP contribution in [0.1, 0.15) is 45.4 Å². The van der Waals surface area contributed by atoms with E-state index >= 15 is 0 Å². The maximum atomic E-state index is 12.3. The molecule has 0 aromatic carbocycles. The van der Waals surface area contributed by atoms with Crippen LogP contribution in [0.3, 0.4) is 0 Å². The number of nitrogens with zero attached hydrogens (tertiary/aromatic N) is 1. The minimum absolute atomic E-state index is 0.00116. The minimum Gasteiger partial charge on any atom is -0.317 e. The number of nitrogens with two attached hydrogens (primary N) is 1. The van der Waals surface area contributed by atoms with Gasteiger partial charge in [0.05, 0.1) is 12.1 Å². The van der Waals surface area contributed by atoms with E-state index in [0.29, 0.717) is 19.1 Å². The van der Waals surface area contributed by atoms with Crippen molar-refractivity contribution in [3.63, 3.8) is 0 Å². The highest BCUT2D eigenvalue weighted by Crippen LogP contribution is 2.32. The van der Waals surface area contributed by atoms with Gasteiger partial charge in [-0.05, 0) is 31.6 Å². The fraction of sp³-hybridized carbons (Fsp3) is 0.917. The average Bonchev–Trinajstić information content (AvgIpc) is 2.29. The third-order valence-corrected chi connectivity index (χ3v) is 3.69. The lowest BCUT2D eigenvalue weighted by molar-refractivity contribution is -0.204. The summed E-state index contributed by atoms with van der Waals surface area (Å²) in [6.45, 7) is 3.52. The van der Waals surface area contributed by atoms with Crippen LogP contribution in [0.15, 0.2) is 0 Å². The summed E-state index contributed by atoms with van der Waals surface area (Å²) in [5.74, 6) is 0.547. The lowest BCUT2D eigenvalue weighted by Crippen LogP contribution is -2.58. The molecule has 0 aromatic heterocycles. The third kappa shape index (κ3) is 2.38. The first-order valence-corrected chi connectivity index (χ1v) is 6.35. The highest BCUT2D eigenvalue weighted by atomic mass is 16.7. The second-order valence-corrected chi connectivity index (χ2v) is 5.31. The molecule has 1 amide bonds. The largest absolute Gasteiger partial charge is 0.317 e. The van der Waals surface area contributed by atoms with E-state index in [1.54, 1.807) is 0 Å². The van der Waals surface area contributed by atoms with Gasteiger partial charge in [0.25, 0.3) is 5.91 Å². The molecule has 92 valence electrons. The van der Waals surface area contributed by atoms with Crippen LogP contribution in [-0.2, 0) is 9.63 Å². The zero-order valence-electron chi connectivity index (χ0n) is 10.1. The lowest BCUT2D eigenvalue weighted by Gasteiger charge is -2.39. The number of carbonyl (C=O) groups excluding carboxylic acids is 1. The summed E-state index contributed by atoms with van der Waals surface area (Å²) in [6, 6.07) is 0. The van der Waals surface area contributed by atoms with Gasteiger partial charge in [-0.25, -0.2) is 5.06 Å². The molecule has 2 N–H and O–H groups in total. The van der Waals surface area contributed by atoms with Crippen LogP contribution in [0, 0.1) is 5.92 Å². The van der Waals surface area contributed by atoms with Gasteiger partial charge in [0, 0.05) is 6.54 Å². The van der Waals surface area contributed by atoms with Crippen LogP contribution < -0.4 is 5.73 Å². The average molecular weight is 226 g/mol. The van der Waals surface area contributed by atoms with E-state index in [2.05, 4.69) is 6.92 Å². The van der Waals surface area contributed by atoms with E-state index in [4.69, 9.17) is 10.6 Å². The number of hydrogen-bond donors (Lipinski definition) is 1. The minimum atomic E-state index is -0.672. The van der Waals surface area contributed by atoms with E-state index in [-0.39, 0.29) is 5.91 Å².